The van der Waals surface area contributed by atoms with E-state index in [1.807, 2.05) is 19.9 Å². The lowest BCUT2D eigenvalue weighted by molar-refractivity contribution is 0.0915. The van der Waals surface area contributed by atoms with Gasteiger partial charge in [0.1, 0.15) is 0 Å². The highest BCUT2D eigenvalue weighted by atomic mass is 16.2. The van der Waals surface area contributed by atoms with Crippen molar-refractivity contribution in [2.75, 3.05) is 0 Å². The summed E-state index contributed by atoms with van der Waals surface area (Å²) in [5.41, 5.74) is -0.619. The fraction of sp³-hybridized carbons (Fsp3) is 0.435. The van der Waals surface area contributed by atoms with E-state index in [1.54, 1.807) is 36.7 Å². The third-order valence-electron chi connectivity index (χ3n) is 5.73. The minimum Gasteiger partial charge on any atom is -0.347 e. The fourth-order valence-electron chi connectivity index (χ4n) is 3.69. The van der Waals surface area contributed by atoms with Gasteiger partial charge in [0.05, 0.1) is 18.2 Å². The van der Waals surface area contributed by atoms with Crippen molar-refractivity contribution < 1.29 is 4.79 Å². The maximum atomic E-state index is 13.1. The summed E-state index contributed by atoms with van der Waals surface area (Å²) in [5.74, 6) is -0.476. The van der Waals surface area contributed by atoms with Crippen molar-refractivity contribution in [2.45, 2.75) is 45.7 Å². The first-order chi connectivity index (χ1) is 15.8. The van der Waals surface area contributed by atoms with E-state index in [0.29, 0.717) is 17.5 Å². The Balaban J connectivity index is 1.90. The van der Waals surface area contributed by atoms with Gasteiger partial charge >= 0.3 is 5.69 Å². The van der Waals surface area contributed by atoms with Crippen LogP contribution >= 0.6 is 0 Å². The van der Waals surface area contributed by atoms with Crippen molar-refractivity contribution in [1.82, 2.24) is 19.7 Å². The second kappa shape index (κ2) is 10.6. The van der Waals surface area contributed by atoms with Crippen LogP contribution in [0.1, 0.15) is 54.7 Å². The van der Waals surface area contributed by atoms with Crippen molar-refractivity contribution in [3.8, 4) is 6.07 Å². The van der Waals surface area contributed by atoms with E-state index in [2.05, 4.69) is 20.6 Å². The smallest absolute Gasteiger partial charge is 0.347 e. The molecular weight excluding hydrogens is 422 g/mol. The first kappa shape index (κ1) is 23.8. The number of nitriles is 1. The second-order valence-corrected chi connectivity index (χ2v) is 8.19. The van der Waals surface area contributed by atoms with Crippen LogP contribution in [0.5, 0.6) is 0 Å². The third-order valence-corrected chi connectivity index (χ3v) is 5.73. The van der Waals surface area contributed by atoms with Gasteiger partial charge in [0.15, 0.2) is 0 Å². The van der Waals surface area contributed by atoms with Gasteiger partial charge in [0, 0.05) is 31.4 Å². The number of rotatable bonds is 5. The van der Waals surface area contributed by atoms with Gasteiger partial charge in [0.2, 0.25) is 5.69 Å². The van der Waals surface area contributed by atoms with E-state index >= 15 is 0 Å². The molecule has 1 amide bonds. The molecule has 0 bridgehead atoms. The molecule has 0 fully saturated rings. The van der Waals surface area contributed by atoms with E-state index in [9.17, 15) is 14.4 Å². The molecule has 1 aromatic heterocycles. The monoisotopic (exact) mass is 449 g/mol. The maximum Gasteiger partial charge on any atom is 0.347 e. The SMILES string of the molecule is CCC1/C=N/N=C\C(C)CCC1NC(=O)c1nn(C)c(=O)n(Cc2ccc(C#N)cc2)c1=O. The van der Waals surface area contributed by atoms with E-state index < -0.39 is 17.2 Å². The largest absolute Gasteiger partial charge is 0.347 e. The molecule has 0 saturated carbocycles. The molecule has 1 N–H and O–H groups in total. The van der Waals surface area contributed by atoms with Gasteiger partial charge < -0.3 is 5.32 Å². The Bertz CT molecular complexity index is 1220. The second-order valence-electron chi connectivity index (χ2n) is 8.19. The predicted molar refractivity (Wildman–Crippen MR) is 124 cm³/mol. The number of benzene rings is 1. The minimum absolute atomic E-state index is 0.0391. The van der Waals surface area contributed by atoms with Gasteiger partial charge in [-0.2, -0.15) is 20.6 Å². The van der Waals surface area contributed by atoms with Crippen LogP contribution < -0.4 is 16.6 Å². The lowest BCUT2D eigenvalue weighted by Crippen LogP contribution is -2.48. The van der Waals surface area contributed by atoms with Gasteiger partial charge in [-0.3, -0.25) is 14.2 Å². The highest BCUT2D eigenvalue weighted by Gasteiger charge is 2.26. The van der Waals surface area contributed by atoms with Gasteiger partial charge in [0.25, 0.3) is 11.5 Å². The number of nitrogens with zero attached hydrogens (tertiary/aromatic N) is 6. The summed E-state index contributed by atoms with van der Waals surface area (Å²) in [6.45, 7) is 3.99. The highest BCUT2D eigenvalue weighted by molar-refractivity contribution is 5.92. The highest BCUT2D eigenvalue weighted by Crippen LogP contribution is 2.17. The molecule has 0 saturated heterocycles. The summed E-state index contributed by atoms with van der Waals surface area (Å²) in [6.07, 6.45) is 5.73. The van der Waals surface area contributed by atoms with Crippen LogP contribution in [-0.4, -0.2) is 38.7 Å². The van der Waals surface area contributed by atoms with Crippen LogP contribution in [-0.2, 0) is 13.6 Å². The van der Waals surface area contributed by atoms with Crippen LogP contribution in [0, 0.1) is 23.2 Å². The van der Waals surface area contributed by atoms with Crippen molar-refractivity contribution in [2.24, 2.45) is 29.1 Å². The van der Waals surface area contributed by atoms with Crippen molar-refractivity contribution >= 4 is 18.3 Å². The van der Waals surface area contributed by atoms with Crippen LogP contribution in [0.4, 0.5) is 0 Å². The Hall–Kier alpha value is -3.87. The number of amides is 1. The molecule has 1 aliphatic rings. The molecule has 0 aliphatic carbocycles. The Morgan fingerprint density at radius 1 is 1.18 bits per heavy atom. The average Bonchev–Trinajstić information content (AvgIpc) is 2.90. The van der Waals surface area contributed by atoms with Gasteiger partial charge in [-0.1, -0.05) is 26.0 Å². The van der Waals surface area contributed by atoms with Crippen molar-refractivity contribution in [1.29, 1.82) is 5.26 Å². The molecule has 10 heteroatoms. The molecule has 0 spiro atoms. The number of aromatic nitrogens is 3. The molecule has 2 aromatic rings. The summed E-state index contributed by atoms with van der Waals surface area (Å²) >= 11 is 0. The zero-order valence-corrected chi connectivity index (χ0v) is 18.9. The Kier molecular flexibility index (Phi) is 7.66. The van der Waals surface area contributed by atoms with E-state index in [-0.39, 0.29) is 30.1 Å². The molecular formula is C23H27N7O3. The first-order valence-electron chi connectivity index (χ1n) is 10.9. The zero-order valence-electron chi connectivity index (χ0n) is 18.9. The van der Waals surface area contributed by atoms with Gasteiger partial charge in [-0.25, -0.2) is 9.48 Å². The average molecular weight is 450 g/mol. The van der Waals surface area contributed by atoms with E-state index in [0.717, 1.165) is 22.1 Å². The molecule has 3 unspecified atom stereocenters. The van der Waals surface area contributed by atoms with Crippen LogP contribution in [0.25, 0.3) is 0 Å². The topological polar surface area (TPSA) is 134 Å². The maximum absolute atomic E-state index is 13.1. The van der Waals surface area contributed by atoms with Crippen LogP contribution in [0.3, 0.4) is 0 Å². The lowest BCUT2D eigenvalue weighted by Gasteiger charge is -2.24. The summed E-state index contributed by atoms with van der Waals surface area (Å²) in [4.78, 5) is 38.7. The first-order valence-corrected chi connectivity index (χ1v) is 10.9. The normalized spacial score (nSPS) is 22.3. The van der Waals surface area contributed by atoms with Crippen LogP contribution in [0.2, 0.25) is 0 Å². The molecule has 1 aromatic carbocycles. The quantitative estimate of drug-likeness (QED) is 0.738. The third kappa shape index (κ3) is 5.68. The molecule has 10 nitrogen and oxygen atoms in total. The molecule has 0 radical (unpaired) electrons. The number of aryl methyl sites for hydroxylation is 1. The number of nitrogens with one attached hydrogen (secondary N) is 1. The fourth-order valence-corrected chi connectivity index (χ4v) is 3.69. The summed E-state index contributed by atoms with van der Waals surface area (Å²) < 4.78 is 1.96. The van der Waals surface area contributed by atoms with Gasteiger partial charge in [-0.05, 0) is 42.9 Å². The van der Waals surface area contributed by atoms with E-state index in [1.165, 1.54) is 7.05 Å². The molecule has 172 valence electrons. The summed E-state index contributed by atoms with van der Waals surface area (Å²) in [5, 5.41) is 24.0. The molecule has 1 aliphatic heterocycles. The minimum atomic E-state index is -0.763. The number of hydrogen-bond acceptors (Lipinski definition) is 7. The number of hydrogen-bond donors (Lipinski definition) is 1. The Morgan fingerprint density at radius 3 is 2.55 bits per heavy atom. The number of carbonyl (C=O) groups excluding carboxylic acids is 1. The summed E-state index contributed by atoms with van der Waals surface area (Å²) in [7, 11) is 1.40. The Morgan fingerprint density at radius 2 is 1.88 bits per heavy atom. The van der Waals surface area contributed by atoms with Crippen LogP contribution in [0.15, 0.2) is 44.1 Å². The molecule has 3 atom stereocenters. The summed E-state index contributed by atoms with van der Waals surface area (Å²) in [6, 6.07) is 8.31. The molecule has 2 heterocycles. The number of carbonyl (C=O) groups is 1. The van der Waals surface area contributed by atoms with Crippen molar-refractivity contribution in [3.63, 3.8) is 0 Å². The zero-order chi connectivity index (χ0) is 24.0. The molecule has 33 heavy (non-hydrogen) atoms. The van der Waals surface area contributed by atoms with Crippen molar-refractivity contribution in [3.05, 3.63) is 61.9 Å². The van der Waals surface area contributed by atoms with Gasteiger partial charge in [-0.15, -0.1) is 0 Å². The standard InChI is InChI=1S/C23H27N7O3/c1-4-18-13-26-25-12-15(2)5-10-19(18)27-21(31)20-22(32)30(23(33)29(3)28-20)14-17-8-6-16(11-24)7-9-17/h6-9,12-13,15,18-19H,4-5,10,14H2,1-3H3,(H,27,31)/b25-12-,26-13+. The molecule has 3 rings (SSSR count). The predicted octanol–water partition coefficient (Wildman–Crippen LogP) is 1.47. The lowest BCUT2D eigenvalue weighted by atomic mass is 9.91. The van der Waals surface area contributed by atoms with E-state index in [4.69, 9.17) is 5.26 Å². The Labute approximate surface area is 191 Å².